The van der Waals surface area contributed by atoms with Gasteiger partial charge >= 0.3 is 6.09 Å². The molecule has 1 atom stereocenters. The summed E-state index contributed by atoms with van der Waals surface area (Å²) in [6.07, 6.45) is 3.94. The van der Waals surface area contributed by atoms with Gasteiger partial charge in [0.25, 0.3) is 0 Å². The number of ether oxygens (including phenoxy) is 1. The Morgan fingerprint density at radius 3 is 2.70 bits per heavy atom. The molecule has 0 unspecified atom stereocenters. The molecule has 6 nitrogen and oxygen atoms in total. The predicted molar refractivity (Wildman–Crippen MR) is 104 cm³/mol. The Kier molecular flexibility index (Phi) is 6.72. The maximum atomic E-state index is 11.6. The van der Waals surface area contributed by atoms with E-state index in [0.717, 1.165) is 36.9 Å². The van der Waals surface area contributed by atoms with E-state index in [4.69, 9.17) is 9.84 Å². The van der Waals surface area contributed by atoms with E-state index in [1.165, 1.54) is 4.90 Å². The lowest BCUT2D eigenvalue weighted by Crippen LogP contribution is -2.70. The van der Waals surface area contributed by atoms with Crippen LogP contribution in [0.25, 0.3) is 0 Å². The van der Waals surface area contributed by atoms with Gasteiger partial charge in [-0.05, 0) is 37.7 Å². The Labute approximate surface area is 161 Å². The number of hydrogen-bond donors (Lipinski definition) is 2. The van der Waals surface area contributed by atoms with E-state index in [0.29, 0.717) is 18.9 Å². The molecule has 1 amide bonds. The number of aliphatic hydroxyl groups excluding tert-OH is 1. The molecule has 0 saturated carbocycles. The van der Waals surface area contributed by atoms with Gasteiger partial charge in [-0.25, -0.2) is 4.79 Å². The number of nitrogens with zero attached hydrogens (tertiary/aromatic N) is 2. The summed E-state index contributed by atoms with van der Waals surface area (Å²) in [5, 5.41) is 18.3. The van der Waals surface area contributed by atoms with Crippen molar-refractivity contribution < 1.29 is 19.7 Å². The van der Waals surface area contributed by atoms with E-state index in [1.54, 1.807) is 6.20 Å². The number of hydrogen-bond acceptors (Lipinski definition) is 4. The summed E-state index contributed by atoms with van der Waals surface area (Å²) in [6.45, 7) is 9.02. The van der Waals surface area contributed by atoms with Gasteiger partial charge in [0.15, 0.2) is 0 Å². The third-order valence-electron chi connectivity index (χ3n) is 5.34. The summed E-state index contributed by atoms with van der Waals surface area (Å²) in [6, 6.07) is 1.86. The number of carboxylic acid groups (broad SMARTS) is 1. The third-order valence-corrected chi connectivity index (χ3v) is 5.34. The van der Waals surface area contributed by atoms with E-state index in [-0.39, 0.29) is 12.0 Å². The molecule has 1 aromatic heterocycles. The molecule has 2 rings (SSSR count). The van der Waals surface area contributed by atoms with Gasteiger partial charge in [0.05, 0.1) is 11.2 Å². The zero-order chi connectivity index (χ0) is 20.1. The molecule has 2 heterocycles. The zero-order valence-electron chi connectivity index (χ0n) is 16.7. The molecule has 0 aromatic carbocycles. The molecule has 0 spiro atoms. The van der Waals surface area contributed by atoms with Crippen molar-refractivity contribution in [2.24, 2.45) is 5.41 Å². The smallest absolute Gasteiger partial charge is 0.407 e. The van der Waals surface area contributed by atoms with Gasteiger partial charge in [-0.3, -0.25) is 9.88 Å². The summed E-state index contributed by atoms with van der Waals surface area (Å²) >= 11 is 0. The van der Waals surface area contributed by atoms with E-state index >= 15 is 0 Å². The second kappa shape index (κ2) is 8.62. The number of unbranched alkanes of at least 4 members (excludes halogenated alkanes) is 2. The Bertz CT molecular complexity index is 730. The van der Waals surface area contributed by atoms with E-state index < -0.39 is 11.6 Å². The summed E-state index contributed by atoms with van der Waals surface area (Å²) < 4.78 is 6.07. The zero-order valence-corrected chi connectivity index (χ0v) is 16.7. The Morgan fingerprint density at radius 2 is 2.15 bits per heavy atom. The number of pyridine rings is 1. The van der Waals surface area contributed by atoms with Crippen LogP contribution < -0.4 is 4.74 Å². The van der Waals surface area contributed by atoms with Crippen LogP contribution in [0.4, 0.5) is 4.79 Å². The molecule has 1 aliphatic heterocycles. The highest BCUT2D eigenvalue weighted by atomic mass is 16.5. The molecule has 1 fully saturated rings. The normalized spacial score (nSPS) is 19.1. The standard InChI is InChI=1S/C21H30N2O4/c1-16-18(13-17(14-22-16)9-7-5-6-8-12-24)27-15-21(20(2,3)4)10-11-23(21)19(25)26/h13-14,24H,5-6,8,10-12,15H2,1-4H3,(H,25,26)/t21-/m1/s1. The van der Waals surface area contributed by atoms with E-state index in [1.807, 2.05) is 33.8 Å². The number of aryl methyl sites for hydroxylation is 1. The van der Waals surface area contributed by atoms with Gasteiger partial charge in [0.2, 0.25) is 0 Å². The number of aromatic nitrogens is 1. The van der Waals surface area contributed by atoms with Gasteiger partial charge in [-0.1, -0.05) is 32.6 Å². The van der Waals surface area contributed by atoms with Crippen LogP contribution in [0.3, 0.4) is 0 Å². The fourth-order valence-electron chi connectivity index (χ4n) is 3.33. The molecule has 6 heteroatoms. The minimum absolute atomic E-state index is 0.189. The molecule has 0 radical (unpaired) electrons. The second-order valence-corrected chi connectivity index (χ2v) is 8.04. The first-order valence-electron chi connectivity index (χ1n) is 9.41. The maximum absolute atomic E-state index is 11.6. The molecule has 1 aliphatic rings. The van der Waals surface area contributed by atoms with Gasteiger partial charge in [0, 0.05) is 31.3 Å². The summed E-state index contributed by atoms with van der Waals surface area (Å²) in [7, 11) is 0. The topological polar surface area (TPSA) is 82.9 Å². The average Bonchev–Trinajstić information content (AvgIpc) is 2.54. The van der Waals surface area contributed by atoms with Crippen molar-refractivity contribution in [3.05, 3.63) is 23.5 Å². The molecule has 2 N–H and O–H groups in total. The molecule has 1 saturated heterocycles. The average molecular weight is 374 g/mol. The second-order valence-electron chi connectivity index (χ2n) is 8.04. The highest BCUT2D eigenvalue weighted by Crippen LogP contribution is 2.45. The van der Waals surface area contributed by atoms with Crippen LogP contribution in [0.5, 0.6) is 5.75 Å². The first-order valence-corrected chi connectivity index (χ1v) is 9.41. The van der Waals surface area contributed by atoms with Crippen molar-refractivity contribution in [2.75, 3.05) is 19.8 Å². The van der Waals surface area contributed by atoms with Crippen LogP contribution in [-0.4, -0.2) is 51.5 Å². The number of amides is 1. The number of likely N-dealkylation sites (tertiary alicyclic amines) is 1. The molecular formula is C21H30N2O4. The van der Waals surface area contributed by atoms with Crippen molar-refractivity contribution in [1.29, 1.82) is 0 Å². The Balaban J connectivity index is 2.12. The summed E-state index contributed by atoms with van der Waals surface area (Å²) in [4.78, 5) is 17.4. The summed E-state index contributed by atoms with van der Waals surface area (Å²) in [5.41, 5.74) is 0.742. The van der Waals surface area contributed by atoms with Gasteiger partial charge in [0.1, 0.15) is 12.4 Å². The summed E-state index contributed by atoms with van der Waals surface area (Å²) in [5.74, 6) is 6.79. The highest BCUT2D eigenvalue weighted by molar-refractivity contribution is 5.68. The SMILES string of the molecule is Cc1ncc(C#CCCCCO)cc1OC[C@@]1(C(C)(C)C)CCN1C(=O)O. The molecule has 148 valence electrons. The molecule has 0 bridgehead atoms. The lowest BCUT2D eigenvalue weighted by atomic mass is 9.66. The van der Waals surface area contributed by atoms with Crippen LogP contribution >= 0.6 is 0 Å². The van der Waals surface area contributed by atoms with E-state index in [2.05, 4.69) is 16.8 Å². The first-order chi connectivity index (χ1) is 12.7. The largest absolute Gasteiger partial charge is 0.489 e. The number of rotatable bonds is 6. The maximum Gasteiger partial charge on any atom is 0.407 e. The quantitative estimate of drug-likeness (QED) is 0.589. The van der Waals surface area contributed by atoms with Gasteiger partial charge in [-0.15, -0.1) is 0 Å². The van der Waals surface area contributed by atoms with Crippen LogP contribution in [0, 0.1) is 24.2 Å². The fourth-order valence-corrected chi connectivity index (χ4v) is 3.33. The van der Waals surface area contributed by atoms with Crippen LogP contribution in [-0.2, 0) is 0 Å². The van der Waals surface area contributed by atoms with Gasteiger partial charge in [-0.2, -0.15) is 0 Å². The Hall–Kier alpha value is -2.26. The van der Waals surface area contributed by atoms with Crippen LogP contribution in [0.15, 0.2) is 12.3 Å². The van der Waals surface area contributed by atoms with Crippen molar-refractivity contribution in [2.45, 2.75) is 58.9 Å². The van der Waals surface area contributed by atoms with Crippen LogP contribution in [0.2, 0.25) is 0 Å². The lowest BCUT2D eigenvalue weighted by Gasteiger charge is -2.58. The highest BCUT2D eigenvalue weighted by Gasteiger charge is 2.56. The van der Waals surface area contributed by atoms with Crippen molar-refractivity contribution in [3.63, 3.8) is 0 Å². The van der Waals surface area contributed by atoms with Crippen molar-refractivity contribution >= 4 is 6.09 Å². The first kappa shape index (κ1) is 21.0. The molecular weight excluding hydrogens is 344 g/mol. The number of aliphatic hydroxyl groups is 1. The molecule has 0 aliphatic carbocycles. The van der Waals surface area contributed by atoms with Crippen molar-refractivity contribution in [3.8, 4) is 17.6 Å². The third kappa shape index (κ3) is 4.72. The fraction of sp³-hybridized carbons (Fsp3) is 0.619. The minimum Gasteiger partial charge on any atom is -0.489 e. The van der Waals surface area contributed by atoms with Crippen molar-refractivity contribution in [1.82, 2.24) is 9.88 Å². The monoisotopic (exact) mass is 374 g/mol. The number of carbonyl (C=O) groups is 1. The minimum atomic E-state index is -0.905. The molecule has 1 aromatic rings. The lowest BCUT2D eigenvalue weighted by molar-refractivity contribution is -0.0962. The predicted octanol–water partition coefficient (Wildman–Crippen LogP) is 3.45. The molecule has 27 heavy (non-hydrogen) atoms. The van der Waals surface area contributed by atoms with Crippen LogP contribution in [0.1, 0.15) is 57.7 Å². The van der Waals surface area contributed by atoms with Gasteiger partial charge < -0.3 is 14.9 Å². The Morgan fingerprint density at radius 1 is 1.41 bits per heavy atom. The van der Waals surface area contributed by atoms with E-state index in [9.17, 15) is 9.90 Å².